The van der Waals surface area contributed by atoms with E-state index in [9.17, 15) is 0 Å². The van der Waals surface area contributed by atoms with Crippen molar-refractivity contribution in [1.82, 2.24) is 0 Å². The van der Waals surface area contributed by atoms with Crippen LogP contribution in [0, 0.1) is 0 Å². The van der Waals surface area contributed by atoms with Gasteiger partial charge in [0.1, 0.15) is 0 Å². The molecule has 1 aliphatic rings. The summed E-state index contributed by atoms with van der Waals surface area (Å²) in [7, 11) is -0.608. The zero-order valence-corrected chi connectivity index (χ0v) is 20.0. The first-order valence-electron chi connectivity index (χ1n) is 10.2. The molecule has 0 amide bonds. The molecule has 0 aromatic heterocycles. The Bertz CT molecular complexity index is 780. The van der Waals surface area contributed by atoms with E-state index in [0.717, 1.165) is 6.42 Å². The molecule has 0 nitrogen and oxygen atoms in total. The molecule has 0 aliphatic heterocycles. The summed E-state index contributed by atoms with van der Waals surface area (Å²) in [6.45, 7) is 14.6. The predicted octanol–water partition coefficient (Wildman–Crippen LogP) is 7.41. The van der Waals surface area contributed by atoms with E-state index in [1.54, 1.807) is 10.9 Å². The van der Waals surface area contributed by atoms with Gasteiger partial charge in [0, 0.05) is 0 Å². The lowest BCUT2D eigenvalue weighted by molar-refractivity contribution is 0.706. The fraction of sp³-hybridized carbons (Fsp3) is 0.385. The number of hydrogen-bond acceptors (Lipinski definition) is 0. The molecule has 2 heteroatoms. The van der Waals surface area contributed by atoms with Crippen LogP contribution in [0.5, 0.6) is 0 Å². The van der Waals surface area contributed by atoms with Gasteiger partial charge in [-0.25, -0.2) is 0 Å². The van der Waals surface area contributed by atoms with Gasteiger partial charge in [-0.05, 0) is 52.3 Å². The number of benzene rings is 2. The van der Waals surface area contributed by atoms with Gasteiger partial charge in [0.25, 0.3) is 0 Å². The third kappa shape index (κ3) is 5.03. The molecule has 28 heavy (non-hydrogen) atoms. The Hall–Kier alpha value is -1.22. The average Bonchev–Trinajstić information content (AvgIpc) is 3.08. The van der Waals surface area contributed by atoms with Gasteiger partial charge in [0.15, 0.2) is 0 Å². The first-order chi connectivity index (χ1) is 13.2. The molecule has 0 N–H and O–H groups in total. The van der Waals surface area contributed by atoms with Crippen LogP contribution in [0.1, 0.15) is 48.0 Å². The standard InChI is InChI=1S/C26H34P2/c1-25(2,3)27(26(4,5)6)20-21-14-13-19-24(21)28(22-15-9-7-10-16-22)23-17-11-8-12-18-23/h7-18H,19-20H2,1-6H3. The van der Waals surface area contributed by atoms with Gasteiger partial charge in [-0.2, -0.15) is 0 Å². The van der Waals surface area contributed by atoms with Crippen molar-refractivity contribution < 1.29 is 0 Å². The second-order valence-corrected chi connectivity index (χ2v) is 15.6. The molecule has 3 rings (SSSR count). The monoisotopic (exact) mass is 408 g/mol. The third-order valence-electron chi connectivity index (χ3n) is 5.25. The van der Waals surface area contributed by atoms with Crippen LogP contribution in [0.4, 0.5) is 0 Å². The lowest BCUT2D eigenvalue weighted by Gasteiger charge is -2.42. The van der Waals surface area contributed by atoms with Crippen molar-refractivity contribution >= 4 is 26.5 Å². The van der Waals surface area contributed by atoms with E-state index in [1.165, 1.54) is 16.8 Å². The molecule has 0 saturated carbocycles. The average molecular weight is 409 g/mol. The van der Waals surface area contributed by atoms with Crippen LogP contribution in [-0.4, -0.2) is 16.5 Å². The minimum atomic E-state index is -0.466. The van der Waals surface area contributed by atoms with Crippen LogP contribution < -0.4 is 10.6 Å². The van der Waals surface area contributed by atoms with E-state index < -0.39 is 7.92 Å². The largest absolute Gasteiger partial charge is 0.0911 e. The van der Waals surface area contributed by atoms with Crippen molar-refractivity contribution in [3.05, 3.63) is 83.7 Å². The summed E-state index contributed by atoms with van der Waals surface area (Å²) in [5.74, 6) is 0. The molecule has 0 atom stereocenters. The van der Waals surface area contributed by atoms with E-state index >= 15 is 0 Å². The Labute approximate surface area is 174 Å². The second-order valence-electron chi connectivity index (χ2n) is 9.51. The first kappa shape index (κ1) is 21.5. The second kappa shape index (κ2) is 8.65. The van der Waals surface area contributed by atoms with Gasteiger partial charge >= 0.3 is 0 Å². The molecule has 0 heterocycles. The van der Waals surface area contributed by atoms with E-state index in [1.807, 2.05) is 0 Å². The van der Waals surface area contributed by atoms with Gasteiger partial charge in [-0.3, -0.25) is 0 Å². The van der Waals surface area contributed by atoms with Crippen molar-refractivity contribution in [2.45, 2.75) is 58.3 Å². The Morgan fingerprint density at radius 1 is 0.714 bits per heavy atom. The quantitative estimate of drug-likeness (QED) is 0.452. The lowest BCUT2D eigenvalue weighted by atomic mass is 10.2. The molecular weight excluding hydrogens is 374 g/mol. The Kier molecular flexibility index (Phi) is 6.64. The molecule has 2 aromatic rings. The molecule has 1 aliphatic carbocycles. The first-order valence-corrected chi connectivity index (χ1v) is 13.1. The molecule has 0 radical (unpaired) electrons. The zero-order valence-electron chi connectivity index (χ0n) is 18.2. The van der Waals surface area contributed by atoms with Crippen LogP contribution >= 0.6 is 15.8 Å². The maximum Gasteiger partial charge on any atom is -0.00603 e. The topological polar surface area (TPSA) is 0 Å². The summed E-state index contributed by atoms with van der Waals surface area (Å²) in [5, 5.41) is 5.30. The van der Waals surface area contributed by atoms with Crippen LogP contribution in [0.2, 0.25) is 0 Å². The Morgan fingerprint density at radius 3 is 1.61 bits per heavy atom. The molecule has 0 saturated heterocycles. The highest BCUT2D eigenvalue weighted by Crippen LogP contribution is 2.62. The predicted molar refractivity (Wildman–Crippen MR) is 131 cm³/mol. The third-order valence-corrected chi connectivity index (χ3v) is 11.8. The smallest absolute Gasteiger partial charge is 0.00603 e. The van der Waals surface area contributed by atoms with E-state index in [0.29, 0.717) is 10.3 Å². The fourth-order valence-electron chi connectivity index (χ4n) is 4.18. The summed E-state index contributed by atoms with van der Waals surface area (Å²) >= 11 is 0. The van der Waals surface area contributed by atoms with Crippen molar-refractivity contribution in [1.29, 1.82) is 0 Å². The number of rotatable bonds is 5. The molecule has 0 fully saturated rings. The van der Waals surface area contributed by atoms with Crippen LogP contribution in [0.15, 0.2) is 83.7 Å². The van der Waals surface area contributed by atoms with Gasteiger partial charge in [0.05, 0.1) is 0 Å². The molecule has 0 bridgehead atoms. The van der Waals surface area contributed by atoms with Crippen LogP contribution in [0.25, 0.3) is 0 Å². The summed E-state index contributed by atoms with van der Waals surface area (Å²) in [6.07, 6.45) is 7.16. The van der Waals surface area contributed by atoms with E-state index in [-0.39, 0.29) is 7.92 Å². The lowest BCUT2D eigenvalue weighted by Crippen LogP contribution is -2.27. The molecule has 0 spiro atoms. The van der Waals surface area contributed by atoms with Crippen molar-refractivity contribution in [2.24, 2.45) is 0 Å². The molecule has 0 unspecified atom stereocenters. The van der Waals surface area contributed by atoms with Crippen molar-refractivity contribution in [2.75, 3.05) is 6.16 Å². The number of hydrogen-bond donors (Lipinski definition) is 0. The van der Waals surface area contributed by atoms with Crippen molar-refractivity contribution in [3.8, 4) is 0 Å². The minimum Gasteiger partial charge on any atom is -0.0911 e. The maximum atomic E-state index is 2.43. The highest BCUT2D eigenvalue weighted by atomic mass is 31.1. The zero-order chi connectivity index (χ0) is 20.4. The normalized spacial score (nSPS) is 15.1. The van der Waals surface area contributed by atoms with Crippen LogP contribution in [0.3, 0.4) is 0 Å². The van der Waals surface area contributed by atoms with E-state index in [2.05, 4.69) is 114 Å². The fourth-order valence-corrected chi connectivity index (χ4v) is 10.5. The maximum absolute atomic E-state index is 2.43. The summed E-state index contributed by atoms with van der Waals surface area (Å²) in [4.78, 5) is 0. The minimum absolute atomic E-state index is 0.142. The summed E-state index contributed by atoms with van der Waals surface area (Å²) < 4.78 is 0. The molecule has 2 aromatic carbocycles. The molecular formula is C26H34P2. The van der Waals surface area contributed by atoms with Gasteiger partial charge < -0.3 is 0 Å². The summed E-state index contributed by atoms with van der Waals surface area (Å²) in [5.41, 5.74) is 1.61. The highest BCUT2D eigenvalue weighted by Gasteiger charge is 2.35. The molecule has 148 valence electrons. The Morgan fingerprint density at radius 2 is 1.18 bits per heavy atom. The highest BCUT2D eigenvalue weighted by molar-refractivity contribution is 7.76. The van der Waals surface area contributed by atoms with Crippen molar-refractivity contribution in [3.63, 3.8) is 0 Å². The van der Waals surface area contributed by atoms with Gasteiger partial charge in [-0.15, -0.1) is 0 Å². The number of allylic oxidation sites excluding steroid dienone is 4. The van der Waals surface area contributed by atoms with Gasteiger partial charge in [-0.1, -0.05) is 122 Å². The van der Waals surface area contributed by atoms with Crippen LogP contribution in [-0.2, 0) is 0 Å². The Balaban J connectivity index is 2.06. The van der Waals surface area contributed by atoms with Gasteiger partial charge in [0.2, 0.25) is 0 Å². The van der Waals surface area contributed by atoms with E-state index in [4.69, 9.17) is 0 Å². The summed E-state index contributed by atoms with van der Waals surface area (Å²) in [6, 6.07) is 22.3. The SMILES string of the molecule is CC(C)(C)P(CC1=C(P(c2ccccc2)c2ccccc2)CC=C1)C(C)(C)C.